The fourth-order valence-corrected chi connectivity index (χ4v) is 3.19. The summed E-state index contributed by atoms with van der Waals surface area (Å²) in [4.78, 5) is 0. The largest absolute Gasteiger partial charge is 0.314 e. The van der Waals surface area contributed by atoms with Gasteiger partial charge in [0.05, 0.1) is 0 Å². The smallest absolute Gasteiger partial charge is 0.0113 e. The third kappa shape index (κ3) is 2.01. The summed E-state index contributed by atoms with van der Waals surface area (Å²) in [6.07, 6.45) is 3.93. The summed E-state index contributed by atoms with van der Waals surface area (Å²) in [5.74, 6) is 0.839. The number of benzene rings is 1. The summed E-state index contributed by atoms with van der Waals surface area (Å²) in [5.41, 5.74) is 4.77. The molecule has 16 heavy (non-hydrogen) atoms. The molecular formula is C15H23N. The molecule has 1 heterocycles. The quantitative estimate of drug-likeness (QED) is 0.702. The van der Waals surface area contributed by atoms with Crippen molar-refractivity contribution >= 4 is 0 Å². The van der Waals surface area contributed by atoms with Gasteiger partial charge in [-0.05, 0) is 55.3 Å². The van der Waals surface area contributed by atoms with Gasteiger partial charge in [-0.2, -0.15) is 0 Å². The van der Waals surface area contributed by atoms with Crippen LogP contribution >= 0.6 is 0 Å². The minimum atomic E-state index is 0.753. The molecule has 0 radical (unpaired) electrons. The van der Waals surface area contributed by atoms with Gasteiger partial charge in [0, 0.05) is 6.04 Å². The Bertz CT molecular complexity index is 356. The molecule has 1 heteroatoms. The number of aryl methyl sites for hydroxylation is 1. The van der Waals surface area contributed by atoms with Crippen molar-refractivity contribution in [3.8, 4) is 0 Å². The molecule has 2 bridgehead atoms. The first-order valence-corrected chi connectivity index (χ1v) is 6.66. The SMILES string of the molecule is CC.Cc1cccc2c1C1CCNC(C2)C1. The Hall–Kier alpha value is -0.820. The normalized spacial score (nSPS) is 26.4. The lowest BCUT2D eigenvalue weighted by molar-refractivity contribution is 0.338. The molecular weight excluding hydrogens is 194 g/mol. The molecule has 3 rings (SSSR count). The van der Waals surface area contributed by atoms with Crippen LogP contribution in [-0.4, -0.2) is 12.6 Å². The van der Waals surface area contributed by atoms with E-state index < -0.39 is 0 Å². The van der Waals surface area contributed by atoms with Crippen LogP contribution in [-0.2, 0) is 6.42 Å². The Morgan fingerprint density at radius 3 is 2.88 bits per heavy atom. The minimum Gasteiger partial charge on any atom is -0.314 e. The highest BCUT2D eigenvalue weighted by Gasteiger charge is 2.30. The van der Waals surface area contributed by atoms with Gasteiger partial charge in [-0.1, -0.05) is 32.0 Å². The van der Waals surface area contributed by atoms with E-state index in [1.54, 1.807) is 11.1 Å². The molecule has 1 aromatic rings. The first-order valence-electron chi connectivity index (χ1n) is 6.66. The van der Waals surface area contributed by atoms with Crippen molar-refractivity contribution in [3.63, 3.8) is 0 Å². The Kier molecular flexibility index (Phi) is 3.65. The third-order valence-electron chi connectivity index (χ3n) is 3.78. The van der Waals surface area contributed by atoms with Crippen LogP contribution in [0.15, 0.2) is 18.2 Å². The van der Waals surface area contributed by atoms with E-state index in [9.17, 15) is 0 Å². The van der Waals surface area contributed by atoms with Gasteiger partial charge in [-0.15, -0.1) is 0 Å². The van der Waals surface area contributed by atoms with Crippen molar-refractivity contribution in [2.75, 3.05) is 6.54 Å². The second-order valence-corrected chi connectivity index (χ2v) is 4.72. The molecule has 1 saturated heterocycles. The molecule has 0 aromatic heterocycles. The van der Waals surface area contributed by atoms with Gasteiger partial charge >= 0.3 is 0 Å². The molecule has 1 fully saturated rings. The van der Waals surface area contributed by atoms with Gasteiger partial charge < -0.3 is 5.32 Å². The van der Waals surface area contributed by atoms with Crippen LogP contribution in [0.5, 0.6) is 0 Å². The summed E-state index contributed by atoms with van der Waals surface area (Å²) >= 11 is 0. The maximum Gasteiger partial charge on any atom is 0.0113 e. The Morgan fingerprint density at radius 1 is 1.25 bits per heavy atom. The van der Waals surface area contributed by atoms with Crippen molar-refractivity contribution in [3.05, 3.63) is 34.9 Å². The van der Waals surface area contributed by atoms with E-state index >= 15 is 0 Å². The van der Waals surface area contributed by atoms with Crippen LogP contribution < -0.4 is 5.32 Å². The molecule has 2 aliphatic rings. The van der Waals surface area contributed by atoms with Gasteiger partial charge in [-0.25, -0.2) is 0 Å². The monoisotopic (exact) mass is 217 g/mol. The molecule has 0 amide bonds. The first-order chi connectivity index (χ1) is 7.84. The third-order valence-corrected chi connectivity index (χ3v) is 3.78. The molecule has 2 unspecified atom stereocenters. The molecule has 1 N–H and O–H groups in total. The number of hydrogen-bond acceptors (Lipinski definition) is 1. The maximum absolute atomic E-state index is 3.61. The molecule has 88 valence electrons. The predicted molar refractivity (Wildman–Crippen MR) is 70.0 cm³/mol. The summed E-state index contributed by atoms with van der Waals surface area (Å²) < 4.78 is 0. The average Bonchev–Trinajstić information content (AvgIpc) is 2.31. The van der Waals surface area contributed by atoms with Gasteiger partial charge in [-0.3, -0.25) is 0 Å². The van der Waals surface area contributed by atoms with E-state index in [1.807, 2.05) is 13.8 Å². The van der Waals surface area contributed by atoms with Crippen molar-refractivity contribution in [1.29, 1.82) is 0 Å². The van der Waals surface area contributed by atoms with Crippen LogP contribution in [0.25, 0.3) is 0 Å². The van der Waals surface area contributed by atoms with Gasteiger partial charge in [0.15, 0.2) is 0 Å². The number of hydrogen-bond donors (Lipinski definition) is 1. The van der Waals surface area contributed by atoms with E-state index in [0.717, 1.165) is 12.0 Å². The predicted octanol–water partition coefficient (Wildman–Crippen LogP) is 3.41. The van der Waals surface area contributed by atoms with E-state index in [0.29, 0.717) is 0 Å². The highest BCUT2D eigenvalue weighted by Crippen LogP contribution is 2.37. The standard InChI is InChI=1S/C13H17N.C2H6/c1-9-3-2-4-10-7-12-8-11(13(9)10)5-6-14-12;1-2/h2-4,11-12,14H,5-8H2,1H3;1-2H3. The lowest BCUT2D eigenvalue weighted by Gasteiger charge is -2.37. The Morgan fingerprint density at radius 2 is 2.06 bits per heavy atom. The Labute approximate surface area is 99.3 Å². The topological polar surface area (TPSA) is 12.0 Å². The van der Waals surface area contributed by atoms with Crippen LogP contribution in [0.2, 0.25) is 0 Å². The van der Waals surface area contributed by atoms with E-state index in [-0.39, 0.29) is 0 Å². The van der Waals surface area contributed by atoms with E-state index in [1.165, 1.54) is 31.4 Å². The summed E-state index contributed by atoms with van der Waals surface area (Å²) in [5, 5.41) is 3.61. The van der Waals surface area contributed by atoms with Crippen molar-refractivity contribution in [2.24, 2.45) is 0 Å². The zero-order valence-corrected chi connectivity index (χ0v) is 10.7. The molecule has 0 spiro atoms. The van der Waals surface area contributed by atoms with Gasteiger partial charge in [0.25, 0.3) is 0 Å². The first kappa shape index (κ1) is 11.7. The number of piperidine rings is 1. The van der Waals surface area contributed by atoms with Crippen LogP contribution in [0, 0.1) is 6.92 Å². The minimum absolute atomic E-state index is 0.753. The molecule has 1 aliphatic carbocycles. The summed E-state index contributed by atoms with van der Waals surface area (Å²) in [6.45, 7) is 7.48. The molecule has 1 aliphatic heterocycles. The average molecular weight is 217 g/mol. The summed E-state index contributed by atoms with van der Waals surface area (Å²) in [6, 6.07) is 7.54. The van der Waals surface area contributed by atoms with Gasteiger partial charge in [0.1, 0.15) is 0 Å². The highest BCUT2D eigenvalue weighted by molar-refractivity contribution is 5.40. The van der Waals surface area contributed by atoms with Crippen LogP contribution in [0.3, 0.4) is 0 Å². The zero-order valence-electron chi connectivity index (χ0n) is 10.7. The molecule has 0 saturated carbocycles. The van der Waals surface area contributed by atoms with E-state index in [4.69, 9.17) is 0 Å². The zero-order chi connectivity index (χ0) is 11.5. The fraction of sp³-hybridized carbons (Fsp3) is 0.600. The lowest BCUT2D eigenvalue weighted by Crippen LogP contribution is -2.42. The lowest BCUT2D eigenvalue weighted by atomic mass is 9.74. The van der Waals surface area contributed by atoms with Crippen molar-refractivity contribution in [2.45, 2.75) is 52.0 Å². The Balaban J connectivity index is 0.000000457. The number of nitrogens with one attached hydrogen (secondary N) is 1. The summed E-state index contributed by atoms with van der Waals surface area (Å²) in [7, 11) is 0. The number of rotatable bonds is 0. The molecule has 2 atom stereocenters. The number of fused-ring (bicyclic) bond motifs is 4. The van der Waals surface area contributed by atoms with Crippen LogP contribution in [0.4, 0.5) is 0 Å². The van der Waals surface area contributed by atoms with Gasteiger partial charge in [0.2, 0.25) is 0 Å². The molecule has 1 nitrogen and oxygen atoms in total. The van der Waals surface area contributed by atoms with Crippen molar-refractivity contribution in [1.82, 2.24) is 5.32 Å². The fourth-order valence-electron chi connectivity index (χ4n) is 3.19. The second-order valence-electron chi connectivity index (χ2n) is 4.72. The highest BCUT2D eigenvalue weighted by atomic mass is 14.9. The van der Waals surface area contributed by atoms with Crippen molar-refractivity contribution < 1.29 is 0 Å². The van der Waals surface area contributed by atoms with Crippen LogP contribution in [0.1, 0.15) is 49.3 Å². The maximum atomic E-state index is 3.61. The van der Waals surface area contributed by atoms with E-state index in [2.05, 4.69) is 30.4 Å². The second kappa shape index (κ2) is 5.01. The molecule has 1 aromatic carbocycles.